The van der Waals surface area contributed by atoms with Crippen molar-refractivity contribution in [3.8, 4) is 0 Å². The van der Waals surface area contributed by atoms with Crippen LogP contribution < -0.4 is 0 Å². The minimum Gasteiger partial charge on any atom is -0.469 e. The van der Waals surface area contributed by atoms with Gasteiger partial charge in [-0.3, -0.25) is 4.79 Å². The lowest BCUT2D eigenvalue weighted by Gasteiger charge is -2.21. The molecular formula is C14H20O4S. The van der Waals surface area contributed by atoms with Crippen molar-refractivity contribution in [3.05, 3.63) is 35.4 Å². The smallest absolute Gasteiger partial charge is 0.312 e. The molecule has 1 aromatic rings. The Morgan fingerprint density at radius 3 is 2.37 bits per heavy atom. The topological polar surface area (TPSA) is 60.4 Å². The maximum atomic E-state index is 12.2. The Kier molecular flexibility index (Phi) is 4.74. The molecule has 0 unspecified atom stereocenters. The van der Waals surface area contributed by atoms with E-state index < -0.39 is 21.2 Å². The fourth-order valence-corrected chi connectivity index (χ4v) is 4.06. The Labute approximate surface area is 114 Å². The Balaban J connectivity index is 2.89. The summed E-state index contributed by atoms with van der Waals surface area (Å²) in [5.74, 6) is -0.790. The molecule has 0 radical (unpaired) electrons. The van der Waals surface area contributed by atoms with Crippen molar-refractivity contribution in [1.82, 2.24) is 0 Å². The molecule has 0 aliphatic heterocycles. The number of ether oxygens (including phenoxy) is 1. The summed E-state index contributed by atoms with van der Waals surface area (Å²) in [6.07, 6.45) is 0. The number of carbonyl (C=O) groups is 1. The third-order valence-corrected chi connectivity index (χ3v) is 4.87. The molecule has 0 saturated carbocycles. The molecule has 19 heavy (non-hydrogen) atoms. The van der Waals surface area contributed by atoms with Gasteiger partial charge < -0.3 is 4.74 Å². The Morgan fingerprint density at radius 1 is 1.26 bits per heavy atom. The minimum absolute atomic E-state index is 0.0555. The predicted molar refractivity (Wildman–Crippen MR) is 74.5 cm³/mol. The summed E-state index contributed by atoms with van der Waals surface area (Å²) in [6.45, 7) is 5.03. The second-order valence-electron chi connectivity index (χ2n) is 5.33. The first-order valence-electron chi connectivity index (χ1n) is 6.01. The molecular weight excluding hydrogens is 264 g/mol. The number of esters is 1. The zero-order valence-corrected chi connectivity index (χ0v) is 12.6. The van der Waals surface area contributed by atoms with Gasteiger partial charge in [-0.05, 0) is 31.9 Å². The van der Waals surface area contributed by atoms with Gasteiger partial charge in [-0.1, -0.05) is 24.3 Å². The van der Waals surface area contributed by atoms with Crippen LogP contribution in [0.25, 0.3) is 0 Å². The van der Waals surface area contributed by atoms with Gasteiger partial charge in [0.2, 0.25) is 0 Å². The lowest BCUT2D eigenvalue weighted by molar-refractivity contribution is -0.149. The van der Waals surface area contributed by atoms with Crippen LogP contribution in [-0.4, -0.2) is 27.2 Å². The quantitative estimate of drug-likeness (QED) is 0.777. The molecule has 0 spiro atoms. The van der Waals surface area contributed by atoms with Crippen molar-refractivity contribution < 1.29 is 17.9 Å². The van der Waals surface area contributed by atoms with Crippen molar-refractivity contribution in [1.29, 1.82) is 0 Å². The summed E-state index contributed by atoms with van der Waals surface area (Å²) < 4.78 is 29.0. The zero-order valence-electron chi connectivity index (χ0n) is 11.8. The number of methoxy groups -OCH3 is 1. The first kappa shape index (κ1) is 15.7. The summed E-state index contributed by atoms with van der Waals surface area (Å²) in [5, 5.41) is 0. The Morgan fingerprint density at radius 2 is 1.84 bits per heavy atom. The third-order valence-electron chi connectivity index (χ3n) is 2.96. The standard InChI is InChI=1S/C14H20O4S/c1-11-7-5-6-8-12(11)9-19(16,17)10-14(2,3)13(15)18-4/h5-8H,9-10H2,1-4H3. The molecule has 0 heterocycles. The number of hydrogen-bond donors (Lipinski definition) is 0. The highest BCUT2D eigenvalue weighted by atomic mass is 32.2. The molecule has 1 rings (SSSR count). The van der Waals surface area contributed by atoms with Crippen LogP contribution in [0.2, 0.25) is 0 Å². The van der Waals surface area contributed by atoms with Crippen LogP contribution in [0.5, 0.6) is 0 Å². The molecule has 0 fully saturated rings. The number of aryl methyl sites for hydroxylation is 1. The van der Waals surface area contributed by atoms with Crippen LogP contribution in [0, 0.1) is 12.3 Å². The number of carbonyl (C=O) groups excluding carboxylic acids is 1. The highest BCUT2D eigenvalue weighted by Gasteiger charge is 2.34. The van der Waals surface area contributed by atoms with Gasteiger partial charge in [0.15, 0.2) is 9.84 Å². The van der Waals surface area contributed by atoms with Crippen LogP contribution in [-0.2, 0) is 25.1 Å². The molecule has 0 aliphatic carbocycles. The second kappa shape index (κ2) is 5.74. The molecule has 5 heteroatoms. The fourth-order valence-electron chi connectivity index (χ4n) is 1.94. The van der Waals surface area contributed by atoms with E-state index in [9.17, 15) is 13.2 Å². The van der Waals surface area contributed by atoms with Crippen molar-refractivity contribution in [2.24, 2.45) is 5.41 Å². The molecule has 0 aliphatic rings. The highest BCUT2D eigenvalue weighted by molar-refractivity contribution is 7.90. The van der Waals surface area contributed by atoms with E-state index in [0.717, 1.165) is 11.1 Å². The summed E-state index contributed by atoms with van der Waals surface area (Å²) in [4.78, 5) is 11.5. The second-order valence-corrected chi connectivity index (χ2v) is 7.40. The first-order valence-corrected chi connectivity index (χ1v) is 7.83. The van der Waals surface area contributed by atoms with E-state index in [1.165, 1.54) is 7.11 Å². The van der Waals surface area contributed by atoms with Crippen LogP contribution in [0.1, 0.15) is 25.0 Å². The van der Waals surface area contributed by atoms with Gasteiger partial charge >= 0.3 is 5.97 Å². The van der Waals surface area contributed by atoms with E-state index in [4.69, 9.17) is 0 Å². The summed E-state index contributed by atoms with van der Waals surface area (Å²) in [7, 11) is -2.11. The van der Waals surface area contributed by atoms with Crippen LogP contribution in [0.3, 0.4) is 0 Å². The van der Waals surface area contributed by atoms with Crippen molar-refractivity contribution in [3.63, 3.8) is 0 Å². The SMILES string of the molecule is COC(=O)C(C)(C)CS(=O)(=O)Cc1ccccc1C. The molecule has 0 amide bonds. The van der Waals surface area contributed by atoms with Gasteiger partial charge in [0.25, 0.3) is 0 Å². The number of hydrogen-bond acceptors (Lipinski definition) is 4. The van der Waals surface area contributed by atoms with Gasteiger partial charge in [-0.15, -0.1) is 0 Å². The van der Waals surface area contributed by atoms with Crippen LogP contribution in [0.15, 0.2) is 24.3 Å². The summed E-state index contributed by atoms with van der Waals surface area (Å²) >= 11 is 0. The van der Waals surface area contributed by atoms with Gasteiger partial charge in [0.1, 0.15) is 0 Å². The molecule has 106 valence electrons. The van der Waals surface area contributed by atoms with Crippen molar-refractivity contribution in [2.45, 2.75) is 26.5 Å². The van der Waals surface area contributed by atoms with Crippen LogP contribution in [0.4, 0.5) is 0 Å². The third kappa shape index (κ3) is 4.35. The number of benzene rings is 1. The van der Waals surface area contributed by atoms with E-state index in [1.54, 1.807) is 19.9 Å². The average Bonchev–Trinajstić information content (AvgIpc) is 2.29. The Bertz CT molecular complexity index is 559. The number of rotatable bonds is 5. The maximum absolute atomic E-state index is 12.2. The fraction of sp³-hybridized carbons (Fsp3) is 0.500. The maximum Gasteiger partial charge on any atom is 0.312 e. The lowest BCUT2D eigenvalue weighted by atomic mass is 9.97. The van der Waals surface area contributed by atoms with E-state index in [1.807, 2.05) is 25.1 Å². The van der Waals surface area contributed by atoms with Gasteiger partial charge in [-0.25, -0.2) is 8.42 Å². The molecule has 0 atom stereocenters. The first-order chi connectivity index (χ1) is 8.68. The van der Waals surface area contributed by atoms with E-state index in [-0.39, 0.29) is 11.5 Å². The van der Waals surface area contributed by atoms with Gasteiger partial charge in [0, 0.05) is 0 Å². The average molecular weight is 284 g/mol. The highest BCUT2D eigenvalue weighted by Crippen LogP contribution is 2.22. The molecule has 0 saturated heterocycles. The molecule has 1 aromatic carbocycles. The van der Waals surface area contributed by atoms with Crippen molar-refractivity contribution >= 4 is 15.8 Å². The van der Waals surface area contributed by atoms with Crippen molar-refractivity contribution in [2.75, 3.05) is 12.9 Å². The zero-order chi connectivity index (χ0) is 14.7. The molecule has 0 N–H and O–H groups in total. The van der Waals surface area contributed by atoms with E-state index in [2.05, 4.69) is 4.74 Å². The predicted octanol–water partition coefficient (Wildman–Crippen LogP) is 2.11. The monoisotopic (exact) mass is 284 g/mol. The molecule has 0 aromatic heterocycles. The lowest BCUT2D eigenvalue weighted by Crippen LogP contribution is -2.34. The van der Waals surface area contributed by atoms with Gasteiger partial charge in [0.05, 0.1) is 24.0 Å². The largest absolute Gasteiger partial charge is 0.469 e. The van der Waals surface area contributed by atoms with Crippen LogP contribution >= 0.6 is 0 Å². The Hall–Kier alpha value is -1.36. The normalized spacial score (nSPS) is 12.2. The van der Waals surface area contributed by atoms with E-state index >= 15 is 0 Å². The minimum atomic E-state index is -3.37. The van der Waals surface area contributed by atoms with E-state index in [0.29, 0.717) is 0 Å². The summed E-state index contributed by atoms with van der Waals surface area (Å²) in [5.41, 5.74) is 0.668. The molecule has 4 nitrogen and oxygen atoms in total. The number of sulfone groups is 1. The molecule has 0 bridgehead atoms. The van der Waals surface area contributed by atoms with Gasteiger partial charge in [-0.2, -0.15) is 0 Å². The summed E-state index contributed by atoms with van der Waals surface area (Å²) in [6, 6.07) is 7.33.